The summed E-state index contributed by atoms with van der Waals surface area (Å²) in [6.07, 6.45) is 0. The smallest absolute Gasteiger partial charge is 0.119 e. The molecule has 0 saturated heterocycles. The topological polar surface area (TPSA) is 76.5 Å². The number of aromatic hydroxyl groups is 3. The van der Waals surface area contributed by atoms with Crippen molar-refractivity contribution in [2.24, 2.45) is 0 Å². The van der Waals surface area contributed by atoms with E-state index in [1.165, 1.54) is 6.07 Å². The molecule has 2 aromatic carbocycles. The number of nitrogens with one attached hydrogen (secondary N) is 1. The molecule has 4 nitrogen and oxygen atoms in total. The van der Waals surface area contributed by atoms with Crippen molar-refractivity contribution < 1.29 is 15.3 Å². The standard InChI is InChI=1S/C16H13NO3/c18-12-3-1-10(2-4-12)15-5-6-16(17-15)11-7-13(19)9-14(20)8-11/h1-9,17-20H. The Labute approximate surface area is 115 Å². The molecule has 0 aliphatic rings. The Hall–Kier alpha value is -2.88. The maximum Gasteiger partial charge on any atom is 0.119 e. The Kier molecular flexibility index (Phi) is 2.84. The molecule has 0 bridgehead atoms. The zero-order valence-corrected chi connectivity index (χ0v) is 10.5. The van der Waals surface area contributed by atoms with E-state index in [0.29, 0.717) is 5.56 Å². The monoisotopic (exact) mass is 267 g/mol. The van der Waals surface area contributed by atoms with Crippen molar-refractivity contribution in [3.63, 3.8) is 0 Å². The van der Waals surface area contributed by atoms with Gasteiger partial charge in [0.1, 0.15) is 17.2 Å². The summed E-state index contributed by atoms with van der Waals surface area (Å²) in [4.78, 5) is 3.22. The van der Waals surface area contributed by atoms with Gasteiger partial charge in [-0.15, -0.1) is 0 Å². The predicted molar refractivity (Wildman–Crippen MR) is 76.7 cm³/mol. The molecule has 20 heavy (non-hydrogen) atoms. The van der Waals surface area contributed by atoms with E-state index < -0.39 is 0 Å². The minimum atomic E-state index is 0.0146. The second kappa shape index (κ2) is 4.66. The number of hydrogen-bond acceptors (Lipinski definition) is 3. The molecular weight excluding hydrogens is 254 g/mol. The largest absolute Gasteiger partial charge is 0.508 e. The zero-order chi connectivity index (χ0) is 14.1. The number of hydrogen-bond donors (Lipinski definition) is 4. The summed E-state index contributed by atoms with van der Waals surface area (Å²) in [6.45, 7) is 0. The van der Waals surface area contributed by atoms with Gasteiger partial charge >= 0.3 is 0 Å². The summed E-state index contributed by atoms with van der Waals surface area (Å²) >= 11 is 0. The summed E-state index contributed by atoms with van der Waals surface area (Å²) in [5.41, 5.74) is 3.33. The van der Waals surface area contributed by atoms with Gasteiger partial charge < -0.3 is 20.3 Å². The average Bonchev–Trinajstić information content (AvgIpc) is 2.88. The Balaban J connectivity index is 1.99. The fourth-order valence-electron chi connectivity index (χ4n) is 2.12. The highest BCUT2D eigenvalue weighted by molar-refractivity contribution is 5.70. The summed E-state index contributed by atoms with van der Waals surface area (Å²) in [5, 5.41) is 28.3. The molecule has 4 N–H and O–H groups in total. The van der Waals surface area contributed by atoms with Gasteiger partial charge in [0.05, 0.1) is 0 Å². The van der Waals surface area contributed by atoms with Crippen LogP contribution in [-0.2, 0) is 0 Å². The minimum absolute atomic E-state index is 0.0146. The Morgan fingerprint density at radius 3 is 1.70 bits per heavy atom. The molecule has 0 radical (unpaired) electrons. The van der Waals surface area contributed by atoms with Crippen molar-refractivity contribution in [2.45, 2.75) is 0 Å². The highest BCUT2D eigenvalue weighted by atomic mass is 16.3. The van der Waals surface area contributed by atoms with E-state index in [-0.39, 0.29) is 17.2 Å². The van der Waals surface area contributed by atoms with Crippen molar-refractivity contribution in [3.05, 3.63) is 54.6 Å². The van der Waals surface area contributed by atoms with Crippen LogP contribution < -0.4 is 0 Å². The van der Waals surface area contributed by atoms with Gasteiger partial charge in [0.25, 0.3) is 0 Å². The lowest BCUT2D eigenvalue weighted by Gasteiger charge is -2.02. The molecule has 0 spiro atoms. The Bertz CT molecular complexity index is 724. The van der Waals surface area contributed by atoms with Gasteiger partial charge in [-0.25, -0.2) is 0 Å². The summed E-state index contributed by atoms with van der Waals surface area (Å²) in [7, 11) is 0. The number of rotatable bonds is 2. The molecule has 0 atom stereocenters. The van der Waals surface area contributed by atoms with Crippen LogP contribution in [0.4, 0.5) is 0 Å². The molecule has 0 aliphatic heterocycles. The normalized spacial score (nSPS) is 10.6. The molecule has 4 heteroatoms. The highest BCUT2D eigenvalue weighted by Crippen LogP contribution is 2.30. The molecule has 0 saturated carbocycles. The van der Waals surface area contributed by atoms with E-state index in [1.54, 1.807) is 24.3 Å². The average molecular weight is 267 g/mol. The molecular formula is C16H13NO3. The summed E-state index contributed by atoms with van der Waals surface area (Å²) < 4.78 is 0. The maximum atomic E-state index is 9.51. The maximum absolute atomic E-state index is 9.51. The van der Waals surface area contributed by atoms with Crippen LogP contribution in [0.5, 0.6) is 17.2 Å². The van der Waals surface area contributed by atoms with Crippen LogP contribution in [0, 0.1) is 0 Å². The van der Waals surface area contributed by atoms with Crippen molar-refractivity contribution >= 4 is 0 Å². The van der Waals surface area contributed by atoms with Gasteiger partial charge in [-0.3, -0.25) is 0 Å². The first-order valence-electron chi connectivity index (χ1n) is 6.13. The lowest BCUT2D eigenvalue weighted by molar-refractivity contribution is 0.451. The van der Waals surface area contributed by atoms with Gasteiger partial charge in [-0.1, -0.05) is 0 Å². The van der Waals surface area contributed by atoms with Crippen LogP contribution >= 0.6 is 0 Å². The van der Waals surface area contributed by atoms with E-state index >= 15 is 0 Å². The van der Waals surface area contributed by atoms with E-state index in [9.17, 15) is 15.3 Å². The van der Waals surface area contributed by atoms with Gasteiger partial charge in [0.15, 0.2) is 0 Å². The fraction of sp³-hybridized carbons (Fsp3) is 0. The first kappa shape index (κ1) is 12.2. The number of benzene rings is 2. The molecule has 0 aliphatic carbocycles. The van der Waals surface area contributed by atoms with Gasteiger partial charge in [0.2, 0.25) is 0 Å². The molecule has 0 amide bonds. The number of phenols is 3. The molecule has 1 heterocycles. The van der Waals surface area contributed by atoms with Crippen molar-refractivity contribution in [1.29, 1.82) is 0 Å². The first-order valence-corrected chi connectivity index (χ1v) is 6.13. The predicted octanol–water partition coefficient (Wildman–Crippen LogP) is 3.47. The number of phenolic OH excluding ortho intramolecular Hbond substituents is 3. The second-order valence-corrected chi connectivity index (χ2v) is 4.57. The highest BCUT2D eigenvalue weighted by Gasteiger charge is 2.06. The molecule has 0 fully saturated rings. The fourth-order valence-corrected chi connectivity index (χ4v) is 2.12. The molecule has 1 aromatic heterocycles. The van der Waals surface area contributed by atoms with Crippen LogP contribution in [0.1, 0.15) is 0 Å². The third kappa shape index (κ3) is 2.31. The first-order chi connectivity index (χ1) is 9.61. The van der Waals surface area contributed by atoms with Crippen molar-refractivity contribution in [1.82, 2.24) is 4.98 Å². The van der Waals surface area contributed by atoms with Crippen LogP contribution in [-0.4, -0.2) is 20.3 Å². The third-order valence-electron chi connectivity index (χ3n) is 3.08. The molecule has 100 valence electrons. The van der Waals surface area contributed by atoms with E-state index in [4.69, 9.17) is 0 Å². The van der Waals surface area contributed by atoms with Crippen LogP contribution in [0.2, 0.25) is 0 Å². The minimum Gasteiger partial charge on any atom is -0.508 e. The van der Waals surface area contributed by atoms with E-state index in [0.717, 1.165) is 17.0 Å². The number of aromatic nitrogens is 1. The summed E-state index contributed by atoms with van der Waals surface area (Å²) in [6, 6.07) is 15.1. The molecule has 3 aromatic rings. The third-order valence-corrected chi connectivity index (χ3v) is 3.08. The Morgan fingerprint density at radius 2 is 1.10 bits per heavy atom. The number of aromatic amines is 1. The summed E-state index contributed by atoms with van der Waals surface area (Å²) in [5.74, 6) is 0.250. The molecule has 0 unspecified atom stereocenters. The van der Waals surface area contributed by atoms with Crippen LogP contribution in [0.15, 0.2) is 54.6 Å². The molecule has 3 rings (SSSR count). The van der Waals surface area contributed by atoms with Crippen LogP contribution in [0.25, 0.3) is 22.5 Å². The lowest BCUT2D eigenvalue weighted by atomic mass is 10.1. The Morgan fingerprint density at radius 1 is 0.550 bits per heavy atom. The van der Waals surface area contributed by atoms with Crippen LogP contribution in [0.3, 0.4) is 0 Å². The SMILES string of the molecule is Oc1ccc(-c2ccc(-c3cc(O)cc(O)c3)[nH]2)cc1. The quantitative estimate of drug-likeness (QED) is 0.574. The lowest BCUT2D eigenvalue weighted by Crippen LogP contribution is -1.80. The van der Waals surface area contributed by atoms with E-state index in [2.05, 4.69) is 4.98 Å². The van der Waals surface area contributed by atoms with E-state index in [1.807, 2.05) is 24.3 Å². The van der Waals surface area contributed by atoms with Gasteiger partial charge in [0, 0.05) is 23.0 Å². The van der Waals surface area contributed by atoms with Gasteiger partial charge in [-0.05, 0) is 54.1 Å². The second-order valence-electron chi connectivity index (χ2n) is 4.57. The van der Waals surface area contributed by atoms with Gasteiger partial charge in [-0.2, -0.15) is 0 Å². The van der Waals surface area contributed by atoms with Crippen molar-refractivity contribution in [2.75, 3.05) is 0 Å². The number of H-pyrrole nitrogens is 1. The van der Waals surface area contributed by atoms with Crippen molar-refractivity contribution in [3.8, 4) is 39.8 Å². The zero-order valence-electron chi connectivity index (χ0n) is 10.5.